The number of hydrogen-bond acceptors (Lipinski definition) is 3. The molecule has 1 aromatic heterocycles. The fraction of sp³-hybridized carbons (Fsp3) is 0.542. The molecule has 2 amide bonds. The second-order valence-electron chi connectivity index (χ2n) is 8.73. The molecule has 5 nitrogen and oxygen atoms in total. The monoisotopic (exact) mass is 393 g/mol. The van der Waals surface area contributed by atoms with Crippen molar-refractivity contribution in [2.24, 2.45) is 5.92 Å². The van der Waals surface area contributed by atoms with E-state index in [0.717, 1.165) is 60.9 Å². The molecule has 2 heterocycles. The summed E-state index contributed by atoms with van der Waals surface area (Å²) in [6, 6.07) is 8.16. The van der Waals surface area contributed by atoms with E-state index in [-0.39, 0.29) is 17.9 Å². The Balaban J connectivity index is 1.37. The number of piperidine rings is 1. The van der Waals surface area contributed by atoms with Crippen LogP contribution in [0.25, 0.3) is 10.9 Å². The fourth-order valence-electron chi connectivity index (χ4n) is 4.74. The molecule has 0 unspecified atom stereocenters. The second kappa shape index (κ2) is 8.52. The van der Waals surface area contributed by atoms with Crippen LogP contribution in [0.5, 0.6) is 0 Å². The third-order valence-electron chi connectivity index (χ3n) is 6.50. The zero-order chi connectivity index (χ0) is 20.4. The lowest BCUT2D eigenvalue weighted by atomic mass is 9.87. The smallest absolute Gasteiger partial charge is 0.253 e. The van der Waals surface area contributed by atoms with Crippen molar-refractivity contribution in [2.45, 2.75) is 64.8 Å². The number of carbonyl (C=O) groups is 2. The number of fused-ring (bicyclic) bond motifs is 1. The van der Waals surface area contributed by atoms with Crippen LogP contribution in [-0.2, 0) is 4.79 Å². The lowest BCUT2D eigenvalue weighted by molar-refractivity contribution is -0.137. The molecule has 1 N–H and O–H groups in total. The van der Waals surface area contributed by atoms with E-state index in [0.29, 0.717) is 11.5 Å². The predicted octanol–water partition coefficient (Wildman–Crippen LogP) is 4.15. The molecule has 1 aromatic carbocycles. The van der Waals surface area contributed by atoms with Crippen molar-refractivity contribution >= 4 is 22.7 Å². The first-order chi connectivity index (χ1) is 14.0. The first kappa shape index (κ1) is 19.9. The number of rotatable bonds is 3. The fourth-order valence-corrected chi connectivity index (χ4v) is 4.74. The predicted molar refractivity (Wildman–Crippen MR) is 115 cm³/mol. The third kappa shape index (κ3) is 4.44. The Kier molecular flexibility index (Phi) is 5.84. The number of nitrogens with one attached hydrogen (secondary N) is 1. The summed E-state index contributed by atoms with van der Waals surface area (Å²) in [5.74, 6) is 0.500. The number of amides is 2. The molecular weight excluding hydrogens is 362 g/mol. The van der Waals surface area contributed by atoms with Gasteiger partial charge in [-0.1, -0.05) is 30.9 Å². The number of aromatic nitrogens is 1. The van der Waals surface area contributed by atoms with Crippen LogP contribution < -0.4 is 5.32 Å². The van der Waals surface area contributed by atoms with E-state index in [1.165, 1.54) is 19.3 Å². The van der Waals surface area contributed by atoms with E-state index in [9.17, 15) is 9.59 Å². The van der Waals surface area contributed by atoms with Gasteiger partial charge in [-0.15, -0.1) is 0 Å². The van der Waals surface area contributed by atoms with Gasteiger partial charge in [-0.3, -0.25) is 14.6 Å². The summed E-state index contributed by atoms with van der Waals surface area (Å²) in [5, 5.41) is 4.17. The lowest BCUT2D eigenvalue weighted by Crippen LogP contribution is -2.48. The van der Waals surface area contributed by atoms with E-state index in [1.54, 1.807) is 0 Å². The zero-order valence-electron chi connectivity index (χ0n) is 17.5. The highest BCUT2D eigenvalue weighted by Crippen LogP contribution is 2.27. The molecule has 2 fully saturated rings. The molecule has 5 heteroatoms. The molecule has 0 atom stereocenters. The number of benzene rings is 1. The largest absolute Gasteiger partial charge is 0.349 e. The topological polar surface area (TPSA) is 62.3 Å². The van der Waals surface area contributed by atoms with Gasteiger partial charge < -0.3 is 10.2 Å². The first-order valence-electron chi connectivity index (χ1n) is 11.0. The number of carbonyl (C=O) groups excluding carboxylic acids is 2. The Labute approximate surface area is 172 Å². The molecule has 2 aromatic rings. The Morgan fingerprint density at radius 2 is 1.72 bits per heavy atom. The van der Waals surface area contributed by atoms with Gasteiger partial charge >= 0.3 is 0 Å². The second-order valence-corrected chi connectivity index (χ2v) is 8.73. The van der Waals surface area contributed by atoms with Crippen LogP contribution in [0.3, 0.4) is 0 Å². The van der Waals surface area contributed by atoms with Crippen molar-refractivity contribution in [3.05, 3.63) is 41.1 Å². The van der Waals surface area contributed by atoms with Gasteiger partial charge in [-0.25, -0.2) is 0 Å². The number of hydrogen-bond donors (Lipinski definition) is 1. The third-order valence-corrected chi connectivity index (χ3v) is 6.50. The van der Waals surface area contributed by atoms with Gasteiger partial charge in [-0.2, -0.15) is 0 Å². The van der Waals surface area contributed by atoms with E-state index in [2.05, 4.69) is 16.4 Å². The summed E-state index contributed by atoms with van der Waals surface area (Å²) in [6.45, 7) is 5.42. The van der Waals surface area contributed by atoms with Crippen molar-refractivity contribution in [1.82, 2.24) is 15.2 Å². The van der Waals surface area contributed by atoms with Crippen LogP contribution in [0.15, 0.2) is 24.3 Å². The minimum atomic E-state index is -0.0598. The van der Waals surface area contributed by atoms with Crippen LogP contribution in [0, 0.1) is 19.8 Å². The van der Waals surface area contributed by atoms with E-state index in [1.807, 2.05) is 36.9 Å². The molecule has 1 aliphatic carbocycles. The molecule has 1 aliphatic heterocycles. The van der Waals surface area contributed by atoms with Gasteiger partial charge in [0.25, 0.3) is 5.91 Å². The number of nitrogens with zero attached hydrogens (tertiary/aromatic N) is 2. The van der Waals surface area contributed by atoms with Gasteiger partial charge in [-0.05, 0) is 57.7 Å². The van der Waals surface area contributed by atoms with Crippen LogP contribution in [-0.4, -0.2) is 40.8 Å². The number of pyridine rings is 1. The molecule has 4 rings (SSSR count). The molecule has 0 bridgehead atoms. The Hall–Kier alpha value is -2.43. The standard InChI is InChI=1S/C24H31N3O2/c1-16-8-9-22-19(14-16)15-21(17(2)25-22)23(28)26-20-10-12-27(13-11-20)24(29)18-6-4-3-5-7-18/h8-9,14-15,18,20H,3-7,10-13H2,1-2H3,(H,26,28). The molecular formula is C24H31N3O2. The highest BCUT2D eigenvalue weighted by Gasteiger charge is 2.29. The zero-order valence-corrected chi connectivity index (χ0v) is 17.5. The molecule has 2 aliphatic rings. The van der Waals surface area contributed by atoms with Gasteiger partial charge in [0.15, 0.2) is 0 Å². The Morgan fingerprint density at radius 3 is 2.45 bits per heavy atom. The van der Waals surface area contributed by atoms with Gasteiger partial charge in [0, 0.05) is 30.4 Å². The summed E-state index contributed by atoms with van der Waals surface area (Å²) in [6.07, 6.45) is 7.36. The van der Waals surface area contributed by atoms with Crippen molar-refractivity contribution < 1.29 is 9.59 Å². The number of likely N-dealkylation sites (tertiary alicyclic amines) is 1. The molecule has 1 saturated carbocycles. The van der Waals surface area contributed by atoms with Crippen LogP contribution >= 0.6 is 0 Å². The summed E-state index contributed by atoms with van der Waals surface area (Å²) in [7, 11) is 0. The maximum atomic E-state index is 12.9. The average Bonchev–Trinajstić information content (AvgIpc) is 2.74. The molecule has 0 radical (unpaired) electrons. The molecule has 0 spiro atoms. The minimum absolute atomic E-state index is 0.0598. The average molecular weight is 394 g/mol. The van der Waals surface area contributed by atoms with Crippen LogP contribution in [0.1, 0.15) is 66.6 Å². The quantitative estimate of drug-likeness (QED) is 0.852. The van der Waals surface area contributed by atoms with E-state index < -0.39 is 0 Å². The minimum Gasteiger partial charge on any atom is -0.349 e. The van der Waals surface area contributed by atoms with Crippen molar-refractivity contribution in [3.63, 3.8) is 0 Å². The molecule has 1 saturated heterocycles. The van der Waals surface area contributed by atoms with Gasteiger partial charge in [0.05, 0.1) is 16.8 Å². The van der Waals surface area contributed by atoms with Crippen molar-refractivity contribution in [3.8, 4) is 0 Å². The van der Waals surface area contributed by atoms with Crippen LogP contribution in [0.2, 0.25) is 0 Å². The van der Waals surface area contributed by atoms with Crippen LogP contribution in [0.4, 0.5) is 0 Å². The maximum Gasteiger partial charge on any atom is 0.253 e. The Morgan fingerprint density at radius 1 is 1.00 bits per heavy atom. The maximum absolute atomic E-state index is 12.9. The lowest BCUT2D eigenvalue weighted by Gasteiger charge is -2.35. The van der Waals surface area contributed by atoms with Crippen molar-refractivity contribution in [2.75, 3.05) is 13.1 Å². The number of aryl methyl sites for hydroxylation is 2. The summed E-state index contributed by atoms with van der Waals surface area (Å²) in [4.78, 5) is 32.2. The Bertz CT molecular complexity index is 910. The normalized spacial score (nSPS) is 18.8. The summed E-state index contributed by atoms with van der Waals surface area (Å²) < 4.78 is 0. The SMILES string of the molecule is Cc1ccc2nc(C)c(C(=O)NC3CCN(C(=O)C4CCCCC4)CC3)cc2c1. The van der Waals surface area contributed by atoms with E-state index in [4.69, 9.17) is 0 Å². The highest BCUT2D eigenvalue weighted by molar-refractivity contribution is 5.98. The van der Waals surface area contributed by atoms with Crippen molar-refractivity contribution in [1.29, 1.82) is 0 Å². The highest BCUT2D eigenvalue weighted by atomic mass is 16.2. The summed E-state index contributed by atoms with van der Waals surface area (Å²) in [5.41, 5.74) is 3.47. The van der Waals surface area contributed by atoms with Gasteiger partial charge in [0.2, 0.25) is 5.91 Å². The molecule has 29 heavy (non-hydrogen) atoms. The van der Waals surface area contributed by atoms with Gasteiger partial charge in [0.1, 0.15) is 0 Å². The summed E-state index contributed by atoms with van der Waals surface area (Å²) >= 11 is 0. The first-order valence-corrected chi connectivity index (χ1v) is 11.0. The molecule has 154 valence electrons. The van der Waals surface area contributed by atoms with E-state index >= 15 is 0 Å².